The van der Waals surface area contributed by atoms with Gasteiger partial charge >= 0.3 is 0 Å². The maximum atomic E-state index is 13.7. The van der Waals surface area contributed by atoms with E-state index < -0.39 is 0 Å². The Morgan fingerprint density at radius 2 is 1.82 bits per heavy atom. The van der Waals surface area contributed by atoms with E-state index in [0.717, 1.165) is 0 Å². The Kier molecular flexibility index (Phi) is 2.08. The third kappa shape index (κ3) is 1.45. The van der Waals surface area contributed by atoms with Gasteiger partial charge < -0.3 is 5.73 Å². The number of imidazole rings is 1. The van der Waals surface area contributed by atoms with Crippen LogP contribution in [0.5, 0.6) is 0 Å². The number of fused-ring (bicyclic) bond motifs is 1. The molecular weight excluding hydrogens is 217 g/mol. The first kappa shape index (κ1) is 9.84. The van der Waals surface area contributed by atoms with Gasteiger partial charge in [0.2, 0.25) is 0 Å². The number of pyridine rings is 1. The second-order valence-electron chi connectivity index (χ2n) is 3.75. The number of benzene rings is 1. The maximum Gasteiger partial charge on any atom is 0.139 e. The predicted molar refractivity (Wildman–Crippen MR) is 65.0 cm³/mol. The molecular formula is C13H10FN3. The molecule has 3 aromatic rings. The Bertz CT molecular complexity index is 688. The van der Waals surface area contributed by atoms with Crippen molar-refractivity contribution in [1.82, 2.24) is 9.38 Å². The van der Waals surface area contributed by atoms with E-state index in [1.54, 1.807) is 22.6 Å². The highest BCUT2D eigenvalue weighted by Gasteiger charge is 2.13. The summed E-state index contributed by atoms with van der Waals surface area (Å²) in [5.41, 5.74) is 7.59. The van der Waals surface area contributed by atoms with Crippen molar-refractivity contribution in [3.63, 3.8) is 0 Å². The summed E-state index contributed by atoms with van der Waals surface area (Å²) < 4.78 is 15.4. The van der Waals surface area contributed by atoms with Gasteiger partial charge in [0.1, 0.15) is 23.0 Å². The Morgan fingerprint density at radius 3 is 2.59 bits per heavy atom. The van der Waals surface area contributed by atoms with E-state index in [1.807, 2.05) is 24.4 Å². The number of aromatic nitrogens is 2. The van der Waals surface area contributed by atoms with Crippen LogP contribution in [0.2, 0.25) is 0 Å². The zero-order valence-electron chi connectivity index (χ0n) is 8.97. The summed E-state index contributed by atoms with van der Waals surface area (Å²) in [6, 6.07) is 12.0. The van der Waals surface area contributed by atoms with Crippen molar-refractivity contribution < 1.29 is 4.39 Å². The van der Waals surface area contributed by atoms with Crippen LogP contribution in [0, 0.1) is 5.82 Å². The van der Waals surface area contributed by atoms with Gasteiger partial charge in [-0.2, -0.15) is 0 Å². The summed E-state index contributed by atoms with van der Waals surface area (Å²) in [5, 5.41) is 0. The van der Waals surface area contributed by atoms with Crippen LogP contribution in [-0.2, 0) is 0 Å². The molecule has 0 unspecified atom stereocenters. The predicted octanol–water partition coefficient (Wildman–Crippen LogP) is 2.72. The first-order valence-corrected chi connectivity index (χ1v) is 5.25. The van der Waals surface area contributed by atoms with Crippen LogP contribution in [0.3, 0.4) is 0 Å². The number of anilines is 1. The maximum absolute atomic E-state index is 13.7. The smallest absolute Gasteiger partial charge is 0.139 e. The van der Waals surface area contributed by atoms with E-state index in [-0.39, 0.29) is 5.82 Å². The fourth-order valence-corrected chi connectivity index (χ4v) is 1.87. The van der Waals surface area contributed by atoms with Crippen molar-refractivity contribution in [2.75, 3.05) is 5.73 Å². The van der Waals surface area contributed by atoms with E-state index >= 15 is 0 Å². The fraction of sp³-hybridized carbons (Fsp3) is 0. The lowest BCUT2D eigenvalue weighted by Gasteiger charge is -2.00. The number of nitrogens with two attached hydrogens (primary N) is 1. The standard InChI is InChI=1S/C13H10FN3/c14-10-6-2-1-5-9(10)12-13(15)17-8-4-3-7-11(17)16-12/h1-8H,15H2. The quantitative estimate of drug-likeness (QED) is 0.694. The summed E-state index contributed by atoms with van der Waals surface area (Å²) >= 11 is 0. The minimum absolute atomic E-state index is 0.317. The number of hydrogen-bond donors (Lipinski definition) is 1. The number of halogens is 1. The van der Waals surface area contributed by atoms with Gasteiger partial charge in [0.25, 0.3) is 0 Å². The Balaban J connectivity index is 2.32. The molecule has 0 fully saturated rings. The highest BCUT2D eigenvalue weighted by atomic mass is 19.1. The number of rotatable bonds is 1. The van der Waals surface area contributed by atoms with Gasteiger partial charge in [-0.25, -0.2) is 9.37 Å². The molecule has 0 atom stereocenters. The molecule has 0 bridgehead atoms. The van der Waals surface area contributed by atoms with Crippen molar-refractivity contribution in [2.45, 2.75) is 0 Å². The van der Waals surface area contributed by atoms with Gasteiger partial charge in [0, 0.05) is 11.8 Å². The van der Waals surface area contributed by atoms with Crippen molar-refractivity contribution in [3.05, 3.63) is 54.5 Å². The fourth-order valence-electron chi connectivity index (χ4n) is 1.87. The van der Waals surface area contributed by atoms with Crippen LogP contribution in [0.25, 0.3) is 16.9 Å². The lowest BCUT2D eigenvalue weighted by atomic mass is 10.1. The summed E-state index contributed by atoms with van der Waals surface area (Å²) in [4.78, 5) is 4.34. The zero-order chi connectivity index (χ0) is 11.8. The monoisotopic (exact) mass is 227 g/mol. The highest BCUT2D eigenvalue weighted by Crippen LogP contribution is 2.27. The third-order valence-corrected chi connectivity index (χ3v) is 2.70. The summed E-state index contributed by atoms with van der Waals surface area (Å²) in [6.45, 7) is 0. The molecule has 0 radical (unpaired) electrons. The van der Waals surface area contributed by atoms with Crippen molar-refractivity contribution in [3.8, 4) is 11.3 Å². The Hall–Kier alpha value is -2.36. The molecule has 0 aliphatic rings. The van der Waals surface area contributed by atoms with E-state index in [1.165, 1.54) is 6.07 Å². The van der Waals surface area contributed by atoms with E-state index in [4.69, 9.17) is 5.73 Å². The van der Waals surface area contributed by atoms with Gasteiger partial charge in [0.05, 0.1) is 0 Å². The topological polar surface area (TPSA) is 43.3 Å². The third-order valence-electron chi connectivity index (χ3n) is 2.70. The lowest BCUT2D eigenvalue weighted by molar-refractivity contribution is 0.631. The molecule has 17 heavy (non-hydrogen) atoms. The molecule has 3 rings (SSSR count). The highest BCUT2D eigenvalue weighted by molar-refractivity contribution is 5.75. The molecule has 0 saturated heterocycles. The molecule has 0 amide bonds. The largest absolute Gasteiger partial charge is 0.383 e. The van der Waals surface area contributed by atoms with Crippen LogP contribution in [0.15, 0.2) is 48.7 Å². The number of hydrogen-bond acceptors (Lipinski definition) is 2. The average Bonchev–Trinajstić information content (AvgIpc) is 2.68. The van der Waals surface area contributed by atoms with Gasteiger partial charge in [0.15, 0.2) is 0 Å². The summed E-state index contributed by atoms with van der Waals surface area (Å²) in [6.07, 6.45) is 1.81. The van der Waals surface area contributed by atoms with Crippen molar-refractivity contribution in [1.29, 1.82) is 0 Å². The summed E-state index contributed by atoms with van der Waals surface area (Å²) in [5.74, 6) is 0.133. The van der Waals surface area contributed by atoms with Gasteiger partial charge in [-0.15, -0.1) is 0 Å². The average molecular weight is 227 g/mol. The second kappa shape index (κ2) is 3.59. The minimum Gasteiger partial charge on any atom is -0.383 e. The van der Waals surface area contributed by atoms with Crippen LogP contribution < -0.4 is 5.73 Å². The molecule has 0 aliphatic heterocycles. The van der Waals surface area contributed by atoms with E-state index in [2.05, 4.69) is 4.98 Å². The van der Waals surface area contributed by atoms with Crippen molar-refractivity contribution >= 4 is 11.5 Å². The number of nitrogen functional groups attached to an aromatic ring is 1. The van der Waals surface area contributed by atoms with E-state index in [0.29, 0.717) is 22.7 Å². The zero-order valence-corrected chi connectivity index (χ0v) is 8.97. The molecule has 4 heteroatoms. The minimum atomic E-state index is -0.317. The molecule has 0 saturated carbocycles. The molecule has 2 N–H and O–H groups in total. The molecule has 3 nitrogen and oxygen atoms in total. The number of nitrogens with zero attached hydrogens (tertiary/aromatic N) is 2. The molecule has 0 aliphatic carbocycles. The first-order valence-electron chi connectivity index (χ1n) is 5.25. The molecule has 2 heterocycles. The first-order chi connectivity index (χ1) is 8.27. The normalized spacial score (nSPS) is 10.9. The van der Waals surface area contributed by atoms with Crippen LogP contribution >= 0.6 is 0 Å². The van der Waals surface area contributed by atoms with E-state index in [9.17, 15) is 4.39 Å². The summed E-state index contributed by atoms with van der Waals surface area (Å²) in [7, 11) is 0. The molecule has 84 valence electrons. The van der Waals surface area contributed by atoms with Gasteiger partial charge in [-0.1, -0.05) is 18.2 Å². The van der Waals surface area contributed by atoms with Crippen LogP contribution in [-0.4, -0.2) is 9.38 Å². The lowest BCUT2D eigenvalue weighted by Crippen LogP contribution is -1.94. The van der Waals surface area contributed by atoms with Gasteiger partial charge in [-0.05, 0) is 24.3 Å². The van der Waals surface area contributed by atoms with Crippen LogP contribution in [0.1, 0.15) is 0 Å². The van der Waals surface area contributed by atoms with Crippen LogP contribution in [0.4, 0.5) is 10.2 Å². The van der Waals surface area contributed by atoms with Gasteiger partial charge in [-0.3, -0.25) is 4.40 Å². The second-order valence-corrected chi connectivity index (χ2v) is 3.75. The molecule has 0 spiro atoms. The molecule has 2 aromatic heterocycles. The molecule has 1 aromatic carbocycles. The van der Waals surface area contributed by atoms with Crippen molar-refractivity contribution in [2.24, 2.45) is 0 Å². The SMILES string of the molecule is Nc1c(-c2ccccc2F)nc2ccccn12. The Morgan fingerprint density at radius 1 is 1.06 bits per heavy atom. The Labute approximate surface area is 97.3 Å².